The molecule has 10 heteroatoms. The maximum atomic E-state index is 11.9. The number of furan rings is 1. The monoisotopic (exact) mass is 435 g/mol. The number of amides is 1. The topological polar surface area (TPSA) is 133 Å². The van der Waals surface area contributed by atoms with Crippen molar-refractivity contribution in [3.8, 4) is 11.5 Å². The van der Waals surface area contributed by atoms with Crippen LogP contribution in [-0.2, 0) is 9.59 Å². The second kappa shape index (κ2) is 10.9. The van der Waals surface area contributed by atoms with E-state index in [1.54, 1.807) is 42.5 Å². The molecule has 2 aromatic carbocycles. The summed E-state index contributed by atoms with van der Waals surface area (Å²) in [6.07, 6.45) is 5.55. The van der Waals surface area contributed by atoms with Gasteiger partial charge in [-0.15, -0.1) is 0 Å². The third-order valence-electron chi connectivity index (χ3n) is 3.83. The minimum absolute atomic E-state index is 0.0211. The van der Waals surface area contributed by atoms with Crippen LogP contribution in [0.4, 0.5) is 5.69 Å². The number of ether oxygens (including phenoxy) is 2. The van der Waals surface area contributed by atoms with E-state index in [9.17, 15) is 19.7 Å². The Hall–Kier alpha value is -4.73. The Morgan fingerprint density at radius 1 is 1.12 bits per heavy atom. The number of nitrogens with zero attached hydrogens (tertiary/aromatic N) is 2. The molecule has 0 saturated carbocycles. The van der Waals surface area contributed by atoms with Crippen molar-refractivity contribution >= 4 is 29.9 Å². The molecule has 1 aromatic heterocycles. The van der Waals surface area contributed by atoms with Gasteiger partial charge in [0.25, 0.3) is 5.91 Å². The summed E-state index contributed by atoms with van der Waals surface area (Å²) < 4.78 is 15.5. The Morgan fingerprint density at radius 2 is 1.97 bits per heavy atom. The van der Waals surface area contributed by atoms with E-state index in [4.69, 9.17) is 13.9 Å². The number of nitrogens with one attached hydrogen (secondary N) is 1. The number of esters is 1. The molecule has 0 spiro atoms. The molecule has 0 saturated heterocycles. The molecule has 0 aliphatic heterocycles. The minimum Gasteiger partial charge on any atom is -0.477 e. The van der Waals surface area contributed by atoms with Crippen molar-refractivity contribution in [2.75, 3.05) is 6.61 Å². The molecule has 1 N–H and O–H groups in total. The summed E-state index contributed by atoms with van der Waals surface area (Å²) in [6.45, 7) is -0.456. The van der Waals surface area contributed by atoms with Gasteiger partial charge >= 0.3 is 11.7 Å². The van der Waals surface area contributed by atoms with Gasteiger partial charge in [-0.05, 0) is 42.0 Å². The van der Waals surface area contributed by atoms with Gasteiger partial charge in [0.1, 0.15) is 11.5 Å². The predicted molar refractivity (Wildman–Crippen MR) is 114 cm³/mol. The van der Waals surface area contributed by atoms with Crippen LogP contribution in [0, 0.1) is 10.1 Å². The van der Waals surface area contributed by atoms with Gasteiger partial charge in [-0.1, -0.05) is 24.3 Å². The van der Waals surface area contributed by atoms with Crippen LogP contribution in [0.1, 0.15) is 11.3 Å². The van der Waals surface area contributed by atoms with Crippen molar-refractivity contribution in [1.82, 2.24) is 5.43 Å². The Bertz CT molecular complexity index is 1150. The lowest BCUT2D eigenvalue weighted by Gasteiger charge is -2.05. The first kappa shape index (κ1) is 22.0. The van der Waals surface area contributed by atoms with Crippen LogP contribution in [0.25, 0.3) is 6.08 Å². The predicted octanol–water partition coefficient (Wildman–Crippen LogP) is 3.34. The maximum Gasteiger partial charge on any atom is 0.336 e. The molecule has 0 aliphatic rings. The highest BCUT2D eigenvalue weighted by atomic mass is 16.6. The Kier molecular flexibility index (Phi) is 7.47. The zero-order valence-electron chi connectivity index (χ0n) is 16.5. The molecule has 3 aromatic rings. The van der Waals surface area contributed by atoms with E-state index in [0.717, 1.165) is 0 Å². The van der Waals surface area contributed by atoms with Crippen molar-refractivity contribution in [2.45, 2.75) is 0 Å². The molecule has 0 fully saturated rings. The lowest BCUT2D eigenvalue weighted by Crippen LogP contribution is -2.24. The third-order valence-corrected chi connectivity index (χ3v) is 3.83. The molecule has 162 valence electrons. The summed E-state index contributed by atoms with van der Waals surface area (Å²) in [4.78, 5) is 34.1. The number of para-hydroxylation sites is 2. The highest BCUT2D eigenvalue weighted by Gasteiger charge is 2.14. The van der Waals surface area contributed by atoms with E-state index in [1.165, 1.54) is 42.8 Å². The molecular formula is C22H17N3O7. The number of carbonyl (C=O) groups excluding carboxylic acids is 2. The number of carbonyl (C=O) groups is 2. The fourth-order valence-electron chi connectivity index (χ4n) is 2.43. The standard InChI is InChI=1S/C22H17N3O7/c26-21(15-31-20-9-2-1-8-19(20)25(28)29)24-23-14-16-5-3-6-18(13-16)32-22(27)11-10-17-7-4-12-30-17/h1-14H,15H2,(H,24,26)/b11-10+,23-14-. The number of benzene rings is 2. The summed E-state index contributed by atoms with van der Waals surface area (Å²) in [7, 11) is 0. The highest BCUT2D eigenvalue weighted by Crippen LogP contribution is 2.25. The van der Waals surface area contributed by atoms with Gasteiger partial charge < -0.3 is 13.9 Å². The third kappa shape index (κ3) is 6.66. The average molecular weight is 435 g/mol. The van der Waals surface area contributed by atoms with Crippen molar-refractivity contribution in [3.05, 3.63) is 94.4 Å². The number of rotatable bonds is 9. The summed E-state index contributed by atoms with van der Waals surface area (Å²) >= 11 is 0. The smallest absolute Gasteiger partial charge is 0.336 e. The minimum atomic E-state index is -0.606. The van der Waals surface area contributed by atoms with Gasteiger partial charge in [0.2, 0.25) is 0 Å². The first-order valence-electron chi connectivity index (χ1n) is 9.23. The van der Waals surface area contributed by atoms with E-state index >= 15 is 0 Å². The van der Waals surface area contributed by atoms with E-state index in [-0.39, 0.29) is 17.2 Å². The Morgan fingerprint density at radius 3 is 2.75 bits per heavy atom. The summed E-state index contributed by atoms with van der Waals surface area (Å²) in [5.41, 5.74) is 2.57. The van der Waals surface area contributed by atoms with Crippen molar-refractivity contribution in [2.24, 2.45) is 5.10 Å². The first-order chi connectivity index (χ1) is 15.5. The van der Waals surface area contributed by atoms with Crippen LogP contribution in [0.5, 0.6) is 11.5 Å². The molecule has 1 amide bonds. The van der Waals surface area contributed by atoms with Crippen molar-refractivity contribution in [3.63, 3.8) is 0 Å². The summed E-state index contributed by atoms with van der Waals surface area (Å²) in [5, 5.41) is 14.7. The lowest BCUT2D eigenvalue weighted by atomic mass is 10.2. The van der Waals surface area contributed by atoms with Crippen LogP contribution >= 0.6 is 0 Å². The quantitative estimate of drug-likeness (QED) is 0.136. The lowest BCUT2D eigenvalue weighted by molar-refractivity contribution is -0.385. The second-order valence-corrected chi connectivity index (χ2v) is 6.15. The van der Waals surface area contributed by atoms with Crippen LogP contribution in [0.2, 0.25) is 0 Å². The zero-order valence-corrected chi connectivity index (χ0v) is 16.5. The SMILES string of the molecule is O=C(COc1ccccc1[N+](=O)[O-])N/N=C\c1cccc(OC(=O)/C=C/c2ccco2)c1. The number of nitro benzene ring substituents is 1. The molecule has 0 aliphatic carbocycles. The maximum absolute atomic E-state index is 11.9. The fraction of sp³-hybridized carbons (Fsp3) is 0.0455. The number of hydrogen-bond acceptors (Lipinski definition) is 8. The molecule has 10 nitrogen and oxygen atoms in total. The van der Waals surface area contributed by atoms with Crippen molar-refractivity contribution in [1.29, 1.82) is 0 Å². The molecular weight excluding hydrogens is 418 g/mol. The molecule has 0 bridgehead atoms. The highest BCUT2D eigenvalue weighted by molar-refractivity contribution is 5.89. The second-order valence-electron chi connectivity index (χ2n) is 6.15. The van der Waals surface area contributed by atoms with E-state index in [2.05, 4.69) is 10.5 Å². The van der Waals surface area contributed by atoms with Gasteiger partial charge in [0, 0.05) is 12.1 Å². The van der Waals surface area contributed by atoms with Gasteiger partial charge in [-0.3, -0.25) is 14.9 Å². The van der Waals surface area contributed by atoms with E-state index in [0.29, 0.717) is 11.3 Å². The normalized spacial score (nSPS) is 10.9. The Labute approximate surface area is 181 Å². The molecule has 3 rings (SSSR count). The van der Waals surface area contributed by atoms with Crippen molar-refractivity contribution < 1.29 is 28.4 Å². The number of nitro groups is 1. The van der Waals surface area contributed by atoms with Gasteiger partial charge in [0.15, 0.2) is 12.4 Å². The zero-order chi connectivity index (χ0) is 22.8. The fourth-order valence-corrected chi connectivity index (χ4v) is 2.43. The first-order valence-corrected chi connectivity index (χ1v) is 9.23. The average Bonchev–Trinajstić information content (AvgIpc) is 3.30. The van der Waals surface area contributed by atoms with Gasteiger partial charge in [0.05, 0.1) is 17.4 Å². The van der Waals surface area contributed by atoms with E-state index in [1.807, 2.05) is 0 Å². The van der Waals surface area contributed by atoms with E-state index < -0.39 is 23.4 Å². The van der Waals surface area contributed by atoms with Crippen LogP contribution in [0.15, 0.2) is 82.5 Å². The Balaban J connectivity index is 1.49. The molecule has 0 radical (unpaired) electrons. The number of hydrogen-bond donors (Lipinski definition) is 1. The molecule has 0 atom stereocenters. The molecule has 1 heterocycles. The van der Waals surface area contributed by atoms with Crippen LogP contribution < -0.4 is 14.9 Å². The number of hydrazone groups is 1. The molecule has 32 heavy (non-hydrogen) atoms. The summed E-state index contributed by atoms with van der Waals surface area (Å²) in [6, 6.07) is 15.6. The van der Waals surface area contributed by atoms with Crippen LogP contribution in [-0.4, -0.2) is 29.6 Å². The molecule has 0 unspecified atom stereocenters. The van der Waals surface area contributed by atoms with Crippen LogP contribution in [0.3, 0.4) is 0 Å². The van der Waals surface area contributed by atoms with Gasteiger partial charge in [-0.2, -0.15) is 5.10 Å². The van der Waals surface area contributed by atoms with Gasteiger partial charge in [-0.25, -0.2) is 10.2 Å². The summed E-state index contributed by atoms with van der Waals surface area (Å²) in [5.74, 6) is -0.410. The largest absolute Gasteiger partial charge is 0.477 e.